The molecule has 0 fully saturated rings. The molecule has 0 bridgehead atoms. The lowest BCUT2D eigenvalue weighted by Gasteiger charge is -2.22. The molecule has 0 spiro atoms. The fraction of sp³-hybridized carbons (Fsp3) is 0.533. The second kappa shape index (κ2) is 8.07. The minimum absolute atomic E-state index is 0.184. The van der Waals surface area contributed by atoms with Crippen LogP contribution in [-0.4, -0.2) is 55.9 Å². The number of Topliss-reactive ketones (excluding diaryl/α,β-unsaturated/α-hetero) is 1. The summed E-state index contributed by atoms with van der Waals surface area (Å²) in [6, 6.07) is 3.29. The van der Waals surface area contributed by atoms with E-state index < -0.39 is 11.6 Å². The molecule has 0 N–H and O–H groups in total. The van der Waals surface area contributed by atoms with Gasteiger partial charge in [0.15, 0.2) is 17.4 Å². The average Bonchev–Trinajstić information content (AvgIpc) is 2.39. The summed E-state index contributed by atoms with van der Waals surface area (Å²) in [5.74, 6) is -2.10. The largest absolute Gasteiger partial charge is 0.308 e. The maximum Gasteiger partial charge on any atom is 0.176 e. The molecule has 0 saturated carbocycles. The fourth-order valence-corrected chi connectivity index (χ4v) is 1.89. The van der Waals surface area contributed by atoms with Crippen LogP contribution in [0.1, 0.15) is 23.7 Å². The molecule has 1 rings (SSSR count). The zero-order valence-electron chi connectivity index (χ0n) is 12.3. The molecule has 0 atom stereocenters. The van der Waals surface area contributed by atoms with Gasteiger partial charge in [-0.25, -0.2) is 8.78 Å². The van der Waals surface area contributed by atoms with E-state index in [0.29, 0.717) is 0 Å². The van der Waals surface area contributed by atoms with E-state index in [1.165, 1.54) is 6.07 Å². The van der Waals surface area contributed by atoms with Crippen molar-refractivity contribution in [2.45, 2.75) is 13.3 Å². The topological polar surface area (TPSA) is 23.6 Å². The van der Waals surface area contributed by atoms with Crippen molar-refractivity contribution in [3.05, 3.63) is 35.4 Å². The lowest BCUT2D eigenvalue weighted by molar-refractivity contribution is 0.0924. The van der Waals surface area contributed by atoms with E-state index >= 15 is 0 Å². The van der Waals surface area contributed by atoms with E-state index in [1.54, 1.807) is 0 Å². The number of carbonyl (C=O) groups excluding carboxylic acids is 1. The highest BCUT2D eigenvalue weighted by Gasteiger charge is 2.14. The van der Waals surface area contributed by atoms with Gasteiger partial charge in [0.05, 0.1) is 6.54 Å². The number of hydrogen-bond donors (Lipinski definition) is 0. The molecule has 3 nitrogen and oxygen atoms in total. The summed E-state index contributed by atoms with van der Waals surface area (Å²) in [5.41, 5.74) is 0.217. The molecule has 1 aromatic rings. The fourth-order valence-electron chi connectivity index (χ4n) is 1.89. The first-order valence-electron chi connectivity index (χ1n) is 6.79. The Morgan fingerprint density at radius 1 is 1.10 bits per heavy atom. The van der Waals surface area contributed by atoms with Crippen LogP contribution in [-0.2, 0) is 0 Å². The Labute approximate surface area is 119 Å². The van der Waals surface area contributed by atoms with Crippen molar-refractivity contribution in [3.8, 4) is 0 Å². The summed E-state index contributed by atoms with van der Waals surface area (Å²) in [4.78, 5) is 16.2. The van der Waals surface area contributed by atoms with Crippen LogP contribution in [0.25, 0.3) is 0 Å². The zero-order valence-corrected chi connectivity index (χ0v) is 12.3. The van der Waals surface area contributed by atoms with E-state index in [4.69, 9.17) is 0 Å². The van der Waals surface area contributed by atoms with E-state index in [1.807, 2.05) is 30.8 Å². The van der Waals surface area contributed by atoms with Crippen LogP contribution in [0.3, 0.4) is 0 Å². The van der Waals surface area contributed by atoms with Gasteiger partial charge in [0, 0.05) is 18.7 Å². The molecule has 0 radical (unpaired) electrons. The van der Waals surface area contributed by atoms with Gasteiger partial charge in [-0.2, -0.15) is 0 Å². The monoisotopic (exact) mass is 284 g/mol. The predicted octanol–water partition coefficient (Wildman–Crippen LogP) is 2.42. The average molecular weight is 284 g/mol. The second-order valence-corrected chi connectivity index (χ2v) is 5.13. The molecule has 0 aliphatic rings. The standard InChI is InChI=1S/C15H22F2N2O/c1-4-7-19(9-8-18(2)3)11-15(20)12-5-6-13(16)14(17)10-12/h5-6,10H,4,7-9,11H2,1-3H3. The van der Waals surface area contributed by atoms with Crippen molar-refractivity contribution in [2.75, 3.05) is 40.3 Å². The van der Waals surface area contributed by atoms with Crippen molar-refractivity contribution in [2.24, 2.45) is 0 Å². The Morgan fingerprint density at radius 2 is 1.80 bits per heavy atom. The van der Waals surface area contributed by atoms with Gasteiger partial charge in [-0.1, -0.05) is 6.92 Å². The first-order valence-corrected chi connectivity index (χ1v) is 6.79. The molecule has 0 aliphatic carbocycles. The van der Waals surface area contributed by atoms with Gasteiger partial charge < -0.3 is 4.90 Å². The van der Waals surface area contributed by atoms with E-state index in [-0.39, 0.29) is 17.9 Å². The molecule has 112 valence electrons. The van der Waals surface area contributed by atoms with Crippen molar-refractivity contribution in [3.63, 3.8) is 0 Å². The molecule has 20 heavy (non-hydrogen) atoms. The summed E-state index contributed by atoms with van der Waals surface area (Å²) in [6.07, 6.45) is 0.943. The molecule has 0 amide bonds. The maximum atomic E-state index is 13.1. The Morgan fingerprint density at radius 3 is 2.35 bits per heavy atom. The number of nitrogens with zero attached hydrogens (tertiary/aromatic N) is 2. The third-order valence-corrected chi connectivity index (χ3v) is 3.01. The van der Waals surface area contributed by atoms with Crippen molar-refractivity contribution in [1.29, 1.82) is 0 Å². The van der Waals surface area contributed by atoms with E-state index in [9.17, 15) is 13.6 Å². The minimum atomic E-state index is -0.980. The van der Waals surface area contributed by atoms with Gasteiger partial charge in [0.1, 0.15) is 0 Å². The normalized spacial score (nSPS) is 11.3. The van der Waals surface area contributed by atoms with Gasteiger partial charge >= 0.3 is 0 Å². The zero-order chi connectivity index (χ0) is 15.1. The van der Waals surface area contributed by atoms with Gasteiger partial charge in [-0.3, -0.25) is 9.69 Å². The van der Waals surface area contributed by atoms with E-state index in [0.717, 1.165) is 38.2 Å². The molecule has 1 aromatic carbocycles. The smallest absolute Gasteiger partial charge is 0.176 e. The second-order valence-electron chi connectivity index (χ2n) is 5.13. The highest BCUT2D eigenvalue weighted by molar-refractivity contribution is 5.97. The van der Waals surface area contributed by atoms with Crippen molar-refractivity contribution in [1.82, 2.24) is 9.80 Å². The van der Waals surface area contributed by atoms with Crippen LogP contribution in [0.15, 0.2) is 18.2 Å². The lowest BCUT2D eigenvalue weighted by atomic mass is 10.1. The van der Waals surface area contributed by atoms with E-state index in [2.05, 4.69) is 0 Å². The maximum absolute atomic E-state index is 13.1. The summed E-state index contributed by atoms with van der Waals surface area (Å²) in [6.45, 7) is 4.71. The van der Waals surface area contributed by atoms with Gasteiger partial charge in [-0.15, -0.1) is 0 Å². The van der Waals surface area contributed by atoms with Crippen LogP contribution in [0.5, 0.6) is 0 Å². The molecule has 0 aliphatic heterocycles. The minimum Gasteiger partial charge on any atom is -0.308 e. The molecular formula is C15H22F2N2O. The summed E-state index contributed by atoms with van der Waals surface area (Å²) >= 11 is 0. The molecule has 0 heterocycles. The van der Waals surface area contributed by atoms with Crippen LogP contribution in [0.2, 0.25) is 0 Å². The van der Waals surface area contributed by atoms with Crippen molar-refractivity contribution >= 4 is 5.78 Å². The number of benzene rings is 1. The summed E-state index contributed by atoms with van der Waals surface area (Å²) in [7, 11) is 3.95. The number of rotatable bonds is 8. The SMILES string of the molecule is CCCN(CCN(C)C)CC(=O)c1ccc(F)c(F)c1. The number of carbonyl (C=O) groups is 1. The third kappa shape index (κ3) is 5.35. The van der Waals surface area contributed by atoms with Crippen LogP contribution >= 0.6 is 0 Å². The first kappa shape index (κ1) is 16.7. The third-order valence-electron chi connectivity index (χ3n) is 3.01. The summed E-state index contributed by atoms with van der Waals surface area (Å²) in [5, 5.41) is 0. The van der Waals surface area contributed by atoms with Crippen LogP contribution in [0.4, 0.5) is 8.78 Å². The highest BCUT2D eigenvalue weighted by Crippen LogP contribution is 2.10. The number of hydrogen-bond acceptors (Lipinski definition) is 3. The molecule has 0 unspecified atom stereocenters. The lowest BCUT2D eigenvalue weighted by Crippen LogP contribution is -2.36. The number of ketones is 1. The Bertz CT molecular complexity index is 449. The van der Waals surface area contributed by atoms with Gasteiger partial charge in [-0.05, 0) is 45.3 Å². The van der Waals surface area contributed by atoms with Gasteiger partial charge in [0.25, 0.3) is 0 Å². The quantitative estimate of drug-likeness (QED) is 0.685. The molecular weight excluding hydrogens is 262 g/mol. The number of likely N-dealkylation sites (N-methyl/N-ethyl adjacent to an activating group) is 1. The van der Waals surface area contributed by atoms with Crippen LogP contribution in [0, 0.1) is 11.6 Å². The highest BCUT2D eigenvalue weighted by atomic mass is 19.2. The Hall–Kier alpha value is -1.33. The van der Waals surface area contributed by atoms with Crippen LogP contribution < -0.4 is 0 Å². The number of halogens is 2. The Kier molecular flexibility index (Phi) is 6.75. The first-order chi connectivity index (χ1) is 9.43. The molecule has 5 heteroatoms. The summed E-state index contributed by atoms with van der Waals surface area (Å²) < 4.78 is 26.0. The Balaban J connectivity index is 2.66. The molecule has 0 saturated heterocycles. The molecule has 0 aromatic heterocycles. The van der Waals surface area contributed by atoms with Crippen molar-refractivity contribution < 1.29 is 13.6 Å². The predicted molar refractivity (Wildman–Crippen MR) is 76.0 cm³/mol. The van der Waals surface area contributed by atoms with Gasteiger partial charge in [0.2, 0.25) is 0 Å².